The molecule has 0 unspecified atom stereocenters. The van der Waals surface area contributed by atoms with Gasteiger partial charge in [-0.1, -0.05) is 30.3 Å². The Hall–Kier alpha value is -2.95. The largest absolute Gasteiger partial charge is 0.338 e. The number of nitrogens with zero attached hydrogens (tertiary/aromatic N) is 3. The molecule has 1 aromatic heterocycles. The molecule has 0 aliphatic carbocycles. The Morgan fingerprint density at radius 3 is 2.32 bits per heavy atom. The second-order valence-electron chi connectivity index (χ2n) is 5.62. The SMILES string of the molecule is CCN(CC)C(=O)c1cc(-c2ccccc2F)nn1-c1ccccc1. The standard InChI is InChI=1S/C20H20FN3O/c1-3-23(4-2)20(25)19-14-18(16-12-8-9-13-17(16)21)22-24(19)15-10-6-5-7-11-15/h5-14H,3-4H2,1-2H3. The third kappa shape index (κ3) is 3.31. The molecule has 0 fully saturated rings. The molecule has 0 N–H and O–H groups in total. The fourth-order valence-electron chi connectivity index (χ4n) is 2.77. The van der Waals surface area contributed by atoms with Crippen LogP contribution in [-0.4, -0.2) is 33.7 Å². The van der Waals surface area contributed by atoms with E-state index >= 15 is 0 Å². The lowest BCUT2D eigenvalue weighted by molar-refractivity contribution is 0.0764. The molecular formula is C20H20FN3O. The molecule has 3 rings (SSSR count). The number of aromatic nitrogens is 2. The molecule has 5 heteroatoms. The van der Waals surface area contributed by atoms with Crippen LogP contribution in [0.5, 0.6) is 0 Å². The Balaban J connectivity index is 2.16. The smallest absolute Gasteiger partial charge is 0.272 e. The van der Waals surface area contributed by atoms with E-state index in [2.05, 4.69) is 5.10 Å². The van der Waals surface area contributed by atoms with Gasteiger partial charge in [0.2, 0.25) is 0 Å². The third-order valence-electron chi connectivity index (χ3n) is 4.13. The summed E-state index contributed by atoms with van der Waals surface area (Å²) in [5, 5.41) is 4.51. The van der Waals surface area contributed by atoms with Gasteiger partial charge in [-0.05, 0) is 44.2 Å². The maximum atomic E-state index is 14.2. The first-order valence-electron chi connectivity index (χ1n) is 8.35. The molecule has 1 amide bonds. The number of hydrogen-bond donors (Lipinski definition) is 0. The first-order valence-corrected chi connectivity index (χ1v) is 8.35. The summed E-state index contributed by atoms with van der Waals surface area (Å²) in [5.41, 5.74) is 2.01. The van der Waals surface area contributed by atoms with Crippen molar-refractivity contribution in [1.82, 2.24) is 14.7 Å². The predicted molar refractivity (Wildman–Crippen MR) is 96.2 cm³/mol. The first-order chi connectivity index (χ1) is 12.2. The molecular weight excluding hydrogens is 317 g/mol. The van der Waals surface area contributed by atoms with Gasteiger partial charge < -0.3 is 4.90 Å². The van der Waals surface area contributed by atoms with Gasteiger partial charge in [-0.25, -0.2) is 9.07 Å². The van der Waals surface area contributed by atoms with Crippen LogP contribution in [0.25, 0.3) is 16.9 Å². The van der Waals surface area contributed by atoms with Crippen LogP contribution in [0.4, 0.5) is 4.39 Å². The van der Waals surface area contributed by atoms with E-state index in [0.29, 0.717) is 30.0 Å². The van der Waals surface area contributed by atoms with Gasteiger partial charge in [0.15, 0.2) is 0 Å². The van der Waals surface area contributed by atoms with Crippen molar-refractivity contribution in [3.63, 3.8) is 0 Å². The van der Waals surface area contributed by atoms with E-state index in [0.717, 1.165) is 5.69 Å². The van der Waals surface area contributed by atoms with Crippen LogP contribution >= 0.6 is 0 Å². The summed E-state index contributed by atoms with van der Waals surface area (Å²) in [6.45, 7) is 5.07. The normalized spacial score (nSPS) is 10.7. The minimum Gasteiger partial charge on any atom is -0.338 e. The number of carbonyl (C=O) groups excluding carboxylic acids is 1. The van der Waals surface area contributed by atoms with Gasteiger partial charge in [0.05, 0.1) is 11.4 Å². The molecule has 0 spiro atoms. The van der Waals surface area contributed by atoms with Crippen LogP contribution in [0.2, 0.25) is 0 Å². The van der Waals surface area contributed by atoms with Crippen molar-refractivity contribution in [1.29, 1.82) is 0 Å². The van der Waals surface area contributed by atoms with Crippen LogP contribution in [0, 0.1) is 5.82 Å². The number of benzene rings is 2. The predicted octanol–water partition coefficient (Wildman–Crippen LogP) is 4.16. The van der Waals surface area contributed by atoms with Crippen molar-refractivity contribution in [2.75, 3.05) is 13.1 Å². The van der Waals surface area contributed by atoms with Gasteiger partial charge in [0, 0.05) is 18.7 Å². The van der Waals surface area contributed by atoms with E-state index < -0.39 is 0 Å². The quantitative estimate of drug-likeness (QED) is 0.701. The highest BCUT2D eigenvalue weighted by Gasteiger charge is 2.22. The molecule has 4 nitrogen and oxygen atoms in total. The van der Waals surface area contributed by atoms with E-state index in [1.807, 2.05) is 44.2 Å². The third-order valence-corrected chi connectivity index (χ3v) is 4.13. The van der Waals surface area contributed by atoms with E-state index in [4.69, 9.17) is 0 Å². The Morgan fingerprint density at radius 1 is 1.04 bits per heavy atom. The van der Waals surface area contributed by atoms with Crippen molar-refractivity contribution in [3.8, 4) is 16.9 Å². The zero-order valence-corrected chi connectivity index (χ0v) is 14.3. The average Bonchev–Trinajstić information content (AvgIpc) is 3.09. The van der Waals surface area contributed by atoms with Crippen molar-refractivity contribution in [3.05, 3.63) is 72.2 Å². The maximum absolute atomic E-state index is 14.2. The molecule has 0 bridgehead atoms. The Bertz CT molecular complexity index is 870. The fourth-order valence-corrected chi connectivity index (χ4v) is 2.77. The highest BCUT2D eigenvalue weighted by atomic mass is 19.1. The summed E-state index contributed by atoms with van der Waals surface area (Å²) in [6.07, 6.45) is 0. The van der Waals surface area contributed by atoms with Crippen molar-refractivity contribution in [2.45, 2.75) is 13.8 Å². The molecule has 1 heterocycles. The van der Waals surface area contributed by atoms with Crippen molar-refractivity contribution in [2.24, 2.45) is 0 Å². The lowest BCUT2D eigenvalue weighted by atomic mass is 10.1. The summed E-state index contributed by atoms with van der Waals surface area (Å²) >= 11 is 0. The van der Waals surface area contributed by atoms with Crippen LogP contribution in [-0.2, 0) is 0 Å². The van der Waals surface area contributed by atoms with Crippen molar-refractivity contribution < 1.29 is 9.18 Å². The highest BCUT2D eigenvalue weighted by molar-refractivity contribution is 5.94. The number of amides is 1. The summed E-state index contributed by atoms with van der Waals surface area (Å²) in [5.74, 6) is -0.481. The van der Waals surface area contributed by atoms with Crippen LogP contribution < -0.4 is 0 Å². The van der Waals surface area contributed by atoms with E-state index in [9.17, 15) is 9.18 Å². The van der Waals surface area contributed by atoms with E-state index in [1.54, 1.807) is 33.8 Å². The van der Waals surface area contributed by atoms with Gasteiger partial charge in [-0.2, -0.15) is 5.10 Å². The van der Waals surface area contributed by atoms with Gasteiger partial charge in [-0.3, -0.25) is 4.79 Å². The fraction of sp³-hybridized carbons (Fsp3) is 0.200. The minimum atomic E-state index is -0.359. The molecule has 0 saturated heterocycles. The molecule has 0 aliphatic rings. The second kappa shape index (κ2) is 7.30. The lowest BCUT2D eigenvalue weighted by Gasteiger charge is -2.19. The van der Waals surface area contributed by atoms with Crippen molar-refractivity contribution >= 4 is 5.91 Å². The minimum absolute atomic E-state index is 0.121. The molecule has 0 aliphatic heterocycles. The molecule has 2 aromatic carbocycles. The Labute approximate surface area is 146 Å². The molecule has 0 atom stereocenters. The summed E-state index contributed by atoms with van der Waals surface area (Å²) < 4.78 is 15.8. The topological polar surface area (TPSA) is 38.1 Å². The van der Waals surface area contributed by atoms with Gasteiger partial charge in [0.25, 0.3) is 5.91 Å². The first kappa shape index (κ1) is 16.9. The number of hydrogen-bond acceptors (Lipinski definition) is 2. The molecule has 128 valence electrons. The number of carbonyl (C=O) groups is 1. The Kier molecular flexibility index (Phi) is 4.93. The van der Waals surface area contributed by atoms with E-state index in [-0.39, 0.29) is 11.7 Å². The highest BCUT2D eigenvalue weighted by Crippen LogP contribution is 2.25. The molecule has 25 heavy (non-hydrogen) atoms. The zero-order valence-electron chi connectivity index (χ0n) is 14.3. The van der Waals surface area contributed by atoms with E-state index in [1.165, 1.54) is 6.07 Å². The number of rotatable bonds is 5. The van der Waals surface area contributed by atoms with Crippen LogP contribution in [0.1, 0.15) is 24.3 Å². The number of halogens is 1. The molecule has 0 saturated carbocycles. The number of para-hydroxylation sites is 1. The van der Waals surface area contributed by atoms with Crippen LogP contribution in [0.3, 0.4) is 0 Å². The van der Waals surface area contributed by atoms with Crippen LogP contribution in [0.15, 0.2) is 60.7 Å². The lowest BCUT2D eigenvalue weighted by Crippen LogP contribution is -2.32. The van der Waals surface area contributed by atoms with Gasteiger partial charge >= 0.3 is 0 Å². The molecule has 3 aromatic rings. The monoisotopic (exact) mass is 337 g/mol. The summed E-state index contributed by atoms with van der Waals surface area (Å²) in [7, 11) is 0. The summed E-state index contributed by atoms with van der Waals surface area (Å²) in [6, 6.07) is 17.5. The second-order valence-corrected chi connectivity index (χ2v) is 5.62. The van der Waals surface area contributed by atoms with Gasteiger partial charge in [-0.15, -0.1) is 0 Å². The molecule has 0 radical (unpaired) electrons. The average molecular weight is 337 g/mol. The summed E-state index contributed by atoms with van der Waals surface area (Å²) in [4.78, 5) is 14.6. The Morgan fingerprint density at radius 2 is 1.68 bits per heavy atom. The zero-order chi connectivity index (χ0) is 17.8. The maximum Gasteiger partial charge on any atom is 0.272 e. The van der Waals surface area contributed by atoms with Gasteiger partial charge in [0.1, 0.15) is 11.5 Å².